The Morgan fingerprint density at radius 2 is 2.14 bits per heavy atom. The van der Waals surface area contributed by atoms with Gasteiger partial charge in [0.25, 0.3) is 0 Å². The van der Waals surface area contributed by atoms with Gasteiger partial charge >= 0.3 is 0 Å². The van der Waals surface area contributed by atoms with E-state index in [1.54, 1.807) is 0 Å². The van der Waals surface area contributed by atoms with E-state index in [2.05, 4.69) is 34.5 Å². The number of nitrogens with zero attached hydrogens (tertiary/aromatic N) is 1. The number of hydrogen-bond acceptors (Lipinski definition) is 3. The molecule has 0 radical (unpaired) electrons. The van der Waals surface area contributed by atoms with Crippen LogP contribution in [0.25, 0.3) is 0 Å². The van der Waals surface area contributed by atoms with Gasteiger partial charge in [0.1, 0.15) is 0 Å². The summed E-state index contributed by atoms with van der Waals surface area (Å²) in [6, 6.07) is 8.90. The Morgan fingerprint density at radius 3 is 2.71 bits per heavy atom. The topological polar surface area (TPSA) is 24.5 Å². The Balaban J connectivity index is 2.05. The molecule has 76 valence electrons. The normalized spacial score (nSPS) is 16.1. The predicted molar refractivity (Wildman–Crippen MR) is 59.0 cm³/mol. The highest BCUT2D eigenvalue weighted by atomic mass is 16.5. The minimum absolute atomic E-state index is 0.493. The Bertz CT molecular complexity index is 308. The number of nitrogens with one attached hydrogen (secondary N) is 1. The number of benzene rings is 1. The Kier molecular flexibility index (Phi) is 2.59. The van der Waals surface area contributed by atoms with Crippen molar-refractivity contribution in [1.29, 1.82) is 0 Å². The monoisotopic (exact) mass is 192 g/mol. The van der Waals surface area contributed by atoms with Crippen LogP contribution in [0.15, 0.2) is 24.3 Å². The fourth-order valence-electron chi connectivity index (χ4n) is 1.43. The predicted octanol–water partition coefficient (Wildman–Crippen LogP) is 1.56. The first-order valence-corrected chi connectivity index (χ1v) is 4.87. The minimum atomic E-state index is 0.493. The first-order valence-electron chi connectivity index (χ1n) is 4.87. The molecule has 0 spiro atoms. The molecule has 0 atom stereocenters. The SMILES string of the molecule is CN(C)c1cccc(NC2COC2)c1. The lowest BCUT2D eigenvalue weighted by Gasteiger charge is -2.28. The lowest BCUT2D eigenvalue weighted by Crippen LogP contribution is -2.40. The van der Waals surface area contributed by atoms with E-state index in [9.17, 15) is 0 Å². The Hall–Kier alpha value is -1.22. The largest absolute Gasteiger partial charge is 0.378 e. The summed E-state index contributed by atoms with van der Waals surface area (Å²) in [5.41, 5.74) is 2.39. The molecule has 1 N–H and O–H groups in total. The van der Waals surface area contributed by atoms with Gasteiger partial charge in [-0.15, -0.1) is 0 Å². The van der Waals surface area contributed by atoms with Crippen LogP contribution in [0.1, 0.15) is 0 Å². The molecular weight excluding hydrogens is 176 g/mol. The van der Waals surface area contributed by atoms with Crippen LogP contribution in [0.4, 0.5) is 11.4 Å². The van der Waals surface area contributed by atoms with Crippen LogP contribution >= 0.6 is 0 Å². The maximum atomic E-state index is 5.11. The molecule has 3 heteroatoms. The van der Waals surface area contributed by atoms with Crippen molar-refractivity contribution >= 4 is 11.4 Å². The molecule has 1 saturated heterocycles. The second-order valence-electron chi connectivity index (χ2n) is 3.82. The van der Waals surface area contributed by atoms with Crippen LogP contribution in [-0.4, -0.2) is 33.4 Å². The number of ether oxygens (including phenoxy) is 1. The highest BCUT2D eigenvalue weighted by Gasteiger charge is 2.17. The van der Waals surface area contributed by atoms with Crippen molar-refractivity contribution in [1.82, 2.24) is 0 Å². The van der Waals surface area contributed by atoms with Crippen LogP contribution in [-0.2, 0) is 4.74 Å². The molecule has 1 aliphatic rings. The third-order valence-electron chi connectivity index (χ3n) is 2.37. The lowest BCUT2D eigenvalue weighted by atomic mass is 10.2. The highest BCUT2D eigenvalue weighted by molar-refractivity contribution is 5.57. The molecule has 0 aromatic heterocycles. The van der Waals surface area contributed by atoms with Gasteiger partial charge in [-0.1, -0.05) is 6.07 Å². The number of hydrogen-bond donors (Lipinski definition) is 1. The van der Waals surface area contributed by atoms with E-state index < -0.39 is 0 Å². The molecule has 1 heterocycles. The fourth-order valence-corrected chi connectivity index (χ4v) is 1.43. The molecule has 1 aromatic rings. The summed E-state index contributed by atoms with van der Waals surface area (Å²) < 4.78 is 5.11. The fraction of sp³-hybridized carbons (Fsp3) is 0.455. The van der Waals surface area contributed by atoms with Crippen molar-refractivity contribution in [3.63, 3.8) is 0 Å². The van der Waals surface area contributed by atoms with E-state index in [-0.39, 0.29) is 0 Å². The summed E-state index contributed by atoms with van der Waals surface area (Å²) in [5, 5.41) is 3.42. The molecule has 1 aliphatic heterocycles. The third kappa shape index (κ3) is 1.99. The first-order chi connectivity index (χ1) is 6.75. The molecule has 1 aromatic carbocycles. The maximum Gasteiger partial charge on any atom is 0.0728 e. The van der Waals surface area contributed by atoms with E-state index in [0.29, 0.717) is 6.04 Å². The molecule has 0 bridgehead atoms. The van der Waals surface area contributed by atoms with Gasteiger partial charge in [0.2, 0.25) is 0 Å². The van der Waals surface area contributed by atoms with Crippen LogP contribution in [0.5, 0.6) is 0 Å². The van der Waals surface area contributed by atoms with Crippen LogP contribution < -0.4 is 10.2 Å². The van der Waals surface area contributed by atoms with E-state index in [4.69, 9.17) is 4.74 Å². The molecule has 0 amide bonds. The highest BCUT2D eigenvalue weighted by Crippen LogP contribution is 2.19. The average Bonchev–Trinajstić information content (AvgIpc) is 2.12. The molecule has 14 heavy (non-hydrogen) atoms. The molecular formula is C11H16N2O. The third-order valence-corrected chi connectivity index (χ3v) is 2.37. The van der Waals surface area contributed by atoms with Crippen LogP contribution in [0, 0.1) is 0 Å². The van der Waals surface area contributed by atoms with Gasteiger partial charge in [-0.2, -0.15) is 0 Å². The second kappa shape index (κ2) is 3.88. The molecule has 3 nitrogen and oxygen atoms in total. The summed E-state index contributed by atoms with van der Waals surface area (Å²) in [7, 11) is 4.09. The van der Waals surface area contributed by atoms with Crippen molar-refractivity contribution in [2.75, 3.05) is 37.5 Å². The van der Waals surface area contributed by atoms with E-state index in [1.807, 2.05) is 14.1 Å². The maximum absolute atomic E-state index is 5.11. The number of rotatable bonds is 3. The van der Waals surface area contributed by atoms with Gasteiger partial charge < -0.3 is 15.0 Å². The van der Waals surface area contributed by atoms with Gasteiger partial charge in [0.15, 0.2) is 0 Å². The minimum Gasteiger partial charge on any atom is -0.378 e. The Labute approximate surface area is 84.7 Å². The van der Waals surface area contributed by atoms with Crippen molar-refractivity contribution in [2.24, 2.45) is 0 Å². The van der Waals surface area contributed by atoms with E-state index >= 15 is 0 Å². The zero-order chi connectivity index (χ0) is 9.97. The molecule has 1 fully saturated rings. The summed E-state index contributed by atoms with van der Waals surface area (Å²) in [5.74, 6) is 0. The second-order valence-corrected chi connectivity index (χ2v) is 3.82. The number of anilines is 2. The summed E-state index contributed by atoms with van der Waals surface area (Å²) in [6.07, 6.45) is 0. The standard InChI is InChI=1S/C11H16N2O/c1-13(2)11-5-3-4-9(6-11)12-10-7-14-8-10/h3-6,10,12H,7-8H2,1-2H3. The van der Waals surface area contributed by atoms with Crippen molar-refractivity contribution in [3.05, 3.63) is 24.3 Å². The molecule has 0 aliphatic carbocycles. The quantitative estimate of drug-likeness (QED) is 0.786. The first kappa shape index (κ1) is 9.34. The molecule has 2 rings (SSSR count). The lowest BCUT2D eigenvalue weighted by molar-refractivity contribution is 0.0211. The van der Waals surface area contributed by atoms with Crippen LogP contribution in [0.2, 0.25) is 0 Å². The van der Waals surface area contributed by atoms with E-state index in [0.717, 1.165) is 13.2 Å². The zero-order valence-corrected chi connectivity index (χ0v) is 8.66. The van der Waals surface area contributed by atoms with Gasteiger partial charge in [-0.3, -0.25) is 0 Å². The van der Waals surface area contributed by atoms with Crippen molar-refractivity contribution in [3.8, 4) is 0 Å². The average molecular weight is 192 g/mol. The van der Waals surface area contributed by atoms with Gasteiger partial charge in [0, 0.05) is 25.5 Å². The van der Waals surface area contributed by atoms with Crippen molar-refractivity contribution < 1.29 is 4.74 Å². The van der Waals surface area contributed by atoms with Gasteiger partial charge in [-0.25, -0.2) is 0 Å². The van der Waals surface area contributed by atoms with Gasteiger partial charge in [0.05, 0.1) is 19.3 Å². The smallest absolute Gasteiger partial charge is 0.0728 e. The van der Waals surface area contributed by atoms with Gasteiger partial charge in [-0.05, 0) is 18.2 Å². The summed E-state index contributed by atoms with van der Waals surface area (Å²) >= 11 is 0. The summed E-state index contributed by atoms with van der Waals surface area (Å²) in [6.45, 7) is 1.65. The molecule has 0 saturated carbocycles. The van der Waals surface area contributed by atoms with E-state index in [1.165, 1.54) is 11.4 Å². The summed E-state index contributed by atoms with van der Waals surface area (Å²) in [4.78, 5) is 2.10. The molecule has 0 unspecified atom stereocenters. The zero-order valence-electron chi connectivity index (χ0n) is 8.66. The van der Waals surface area contributed by atoms with Crippen LogP contribution in [0.3, 0.4) is 0 Å². The Morgan fingerprint density at radius 1 is 1.36 bits per heavy atom. The van der Waals surface area contributed by atoms with Crippen molar-refractivity contribution in [2.45, 2.75) is 6.04 Å².